The van der Waals surface area contributed by atoms with E-state index >= 15 is 0 Å². The molecule has 14 heavy (non-hydrogen) atoms. The molecule has 0 aliphatic rings. The fraction of sp³-hybridized carbons (Fsp3) is 0.750. The van der Waals surface area contributed by atoms with Gasteiger partial charge in [-0.15, -0.1) is 0 Å². The van der Waals surface area contributed by atoms with Gasteiger partial charge in [-0.05, 0) is 25.3 Å². The molecule has 0 aromatic heterocycles. The number of allylic oxidation sites excluding steroid dienone is 1. The van der Waals surface area contributed by atoms with Crippen LogP contribution in [0.5, 0.6) is 0 Å². The van der Waals surface area contributed by atoms with Crippen molar-refractivity contribution in [2.24, 2.45) is 0 Å². The van der Waals surface area contributed by atoms with Gasteiger partial charge in [0.05, 0.1) is 6.26 Å². The van der Waals surface area contributed by atoms with Crippen molar-refractivity contribution >= 4 is 5.97 Å². The lowest BCUT2D eigenvalue weighted by Gasteiger charge is -1.97. The SMILES string of the molecule is CCCC/C=C/OC(=O)CCCCC. The van der Waals surface area contributed by atoms with Gasteiger partial charge in [0.2, 0.25) is 0 Å². The van der Waals surface area contributed by atoms with Crippen LogP contribution in [-0.2, 0) is 9.53 Å². The molecule has 2 heteroatoms. The quantitative estimate of drug-likeness (QED) is 0.337. The summed E-state index contributed by atoms with van der Waals surface area (Å²) in [4.78, 5) is 11.1. The van der Waals surface area contributed by atoms with Crippen LogP contribution in [0.4, 0.5) is 0 Å². The summed E-state index contributed by atoms with van der Waals surface area (Å²) in [5.74, 6) is -0.105. The minimum atomic E-state index is -0.105. The molecule has 0 spiro atoms. The van der Waals surface area contributed by atoms with E-state index in [1.165, 1.54) is 12.7 Å². The molecule has 0 aliphatic heterocycles. The van der Waals surface area contributed by atoms with Crippen molar-refractivity contribution in [1.82, 2.24) is 0 Å². The number of hydrogen-bond acceptors (Lipinski definition) is 2. The third-order valence-electron chi connectivity index (χ3n) is 2.00. The standard InChI is InChI=1S/C12H22O2/c1-3-5-7-9-11-14-12(13)10-8-6-4-2/h9,11H,3-8,10H2,1-2H3/b11-9+. The molecule has 0 atom stereocenters. The van der Waals surface area contributed by atoms with Crippen molar-refractivity contribution in [3.63, 3.8) is 0 Å². The summed E-state index contributed by atoms with van der Waals surface area (Å²) in [6, 6.07) is 0. The maximum absolute atomic E-state index is 11.1. The van der Waals surface area contributed by atoms with Gasteiger partial charge < -0.3 is 4.74 Å². The number of carbonyl (C=O) groups excluding carboxylic acids is 1. The molecule has 0 bridgehead atoms. The Morgan fingerprint density at radius 1 is 1.14 bits per heavy atom. The van der Waals surface area contributed by atoms with E-state index in [0.717, 1.165) is 32.1 Å². The highest BCUT2D eigenvalue weighted by Crippen LogP contribution is 2.01. The molecule has 0 fully saturated rings. The number of rotatable bonds is 8. The van der Waals surface area contributed by atoms with E-state index in [2.05, 4.69) is 13.8 Å². The first-order valence-electron chi connectivity index (χ1n) is 5.65. The summed E-state index contributed by atoms with van der Waals surface area (Å²) in [5.41, 5.74) is 0. The highest BCUT2D eigenvalue weighted by atomic mass is 16.5. The van der Waals surface area contributed by atoms with Gasteiger partial charge in [-0.2, -0.15) is 0 Å². The van der Waals surface area contributed by atoms with Gasteiger partial charge in [-0.25, -0.2) is 0 Å². The number of carbonyl (C=O) groups is 1. The first kappa shape index (κ1) is 13.2. The van der Waals surface area contributed by atoms with Gasteiger partial charge in [-0.1, -0.05) is 33.1 Å². The van der Waals surface area contributed by atoms with Crippen molar-refractivity contribution in [3.8, 4) is 0 Å². The second-order valence-electron chi connectivity index (χ2n) is 3.46. The van der Waals surface area contributed by atoms with Crippen molar-refractivity contribution in [3.05, 3.63) is 12.3 Å². The molecule has 0 saturated carbocycles. The molecule has 0 rings (SSSR count). The molecular formula is C12H22O2. The third-order valence-corrected chi connectivity index (χ3v) is 2.00. The molecule has 0 aliphatic carbocycles. The number of unbranched alkanes of at least 4 members (excludes halogenated alkanes) is 4. The lowest BCUT2D eigenvalue weighted by molar-refractivity contribution is -0.138. The summed E-state index contributed by atoms with van der Waals surface area (Å²) >= 11 is 0. The average molecular weight is 198 g/mol. The van der Waals surface area contributed by atoms with E-state index in [4.69, 9.17) is 4.74 Å². The van der Waals surface area contributed by atoms with Crippen LogP contribution in [-0.4, -0.2) is 5.97 Å². The number of esters is 1. The Bertz CT molecular complexity index is 162. The minimum absolute atomic E-state index is 0.105. The molecule has 0 radical (unpaired) electrons. The molecule has 0 aromatic rings. The van der Waals surface area contributed by atoms with E-state index in [9.17, 15) is 4.79 Å². The van der Waals surface area contributed by atoms with Gasteiger partial charge in [0, 0.05) is 6.42 Å². The van der Waals surface area contributed by atoms with Gasteiger partial charge in [-0.3, -0.25) is 4.79 Å². The molecule has 0 unspecified atom stereocenters. The highest BCUT2D eigenvalue weighted by molar-refractivity contribution is 5.69. The predicted octanol–water partition coefficient (Wildman–Crippen LogP) is 3.81. The fourth-order valence-corrected chi connectivity index (χ4v) is 1.09. The lowest BCUT2D eigenvalue weighted by Crippen LogP contribution is -1.98. The van der Waals surface area contributed by atoms with Crippen LogP contribution in [0.25, 0.3) is 0 Å². The Morgan fingerprint density at radius 2 is 1.86 bits per heavy atom. The van der Waals surface area contributed by atoms with Crippen LogP contribution < -0.4 is 0 Å². The summed E-state index contributed by atoms with van der Waals surface area (Å²) in [6.07, 6.45) is 10.5. The number of ether oxygens (including phenoxy) is 1. The maximum atomic E-state index is 11.1. The molecular weight excluding hydrogens is 176 g/mol. The van der Waals surface area contributed by atoms with Gasteiger partial charge in [0.1, 0.15) is 0 Å². The highest BCUT2D eigenvalue weighted by Gasteiger charge is 1.98. The molecule has 0 heterocycles. The van der Waals surface area contributed by atoms with E-state index in [0.29, 0.717) is 6.42 Å². The molecule has 0 aromatic carbocycles. The van der Waals surface area contributed by atoms with E-state index in [1.54, 1.807) is 0 Å². The first-order valence-corrected chi connectivity index (χ1v) is 5.65. The zero-order valence-electron chi connectivity index (χ0n) is 9.42. The van der Waals surface area contributed by atoms with Gasteiger partial charge in [0.15, 0.2) is 0 Å². The molecule has 2 nitrogen and oxygen atoms in total. The van der Waals surface area contributed by atoms with Crippen molar-refractivity contribution < 1.29 is 9.53 Å². The van der Waals surface area contributed by atoms with Crippen molar-refractivity contribution in [2.45, 2.75) is 58.8 Å². The van der Waals surface area contributed by atoms with Crippen LogP contribution in [0.2, 0.25) is 0 Å². The molecule has 0 N–H and O–H groups in total. The Balaban J connectivity index is 3.29. The molecule has 82 valence electrons. The minimum Gasteiger partial charge on any atom is -0.435 e. The van der Waals surface area contributed by atoms with Crippen LogP contribution >= 0.6 is 0 Å². The first-order chi connectivity index (χ1) is 6.81. The van der Waals surface area contributed by atoms with E-state index in [1.807, 2.05) is 6.08 Å². The zero-order chi connectivity index (χ0) is 10.6. The largest absolute Gasteiger partial charge is 0.435 e. The Hall–Kier alpha value is -0.790. The fourth-order valence-electron chi connectivity index (χ4n) is 1.09. The molecule has 0 saturated heterocycles. The monoisotopic (exact) mass is 198 g/mol. The average Bonchev–Trinajstić information content (AvgIpc) is 2.18. The smallest absolute Gasteiger partial charge is 0.310 e. The van der Waals surface area contributed by atoms with Crippen LogP contribution in [0.3, 0.4) is 0 Å². The van der Waals surface area contributed by atoms with E-state index < -0.39 is 0 Å². The lowest BCUT2D eigenvalue weighted by atomic mass is 10.2. The van der Waals surface area contributed by atoms with Crippen molar-refractivity contribution in [2.75, 3.05) is 0 Å². The summed E-state index contributed by atoms with van der Waals surface area (Å²) in [6.45, 7) is 4.26. The molecule has 0 amide bonds. The normalized spacial score (nSPS) is 10.7. The second-order valence-corrected chi connectivity index (χ2v) is 3.46. The number of hydrogen-bond donors (Lipinski definition) is 0. The van der Waals surface area contributed by atoms with Crippen LogP contribution in [0.15, 0.2) is 12.3 Å². The summed E-state index contributed by atoms with van der Waals surface area (Å²) < 4.78 is 4.92. The van der Waals surface area contributed by atoms with Gasteiger partial charge in [0.25, 0.3) is 0 Å². The zero-order valence-corrected chi connectivity index (χ0v) is 9.42. The Labute approximate surface area is 87.3 Å². The third kappa shape index (κ3) is 9.30. The Kier molecular flexibility index (Phi) is 9.71. The predicted molar refractivity (Wildman–Crippen MR) is 58.9 cm³/mol. The summed E-state index contributed by atoms with van der Waals surface area (Å²) in [7, 11) is 0. The topological polar surface area (TPSA) is 26.3 Å². The second kappa shape index (κ2) is 10.3. The summed E-state index contributed by atoms with van der Waals surface area (Å²) in [5, 5.41) is 0. The maximum Gasteiger partial charge on any atom is 0.310 e. The van der Waals surface area contributed by atoms with Crippen LogP contribution in [0.1, 0.15) is 58.8 Å². The van der Waals surface area contributed by atoms with Crippen LogP contribution in [0, 0.1) is 0 Å². The van der Waals surface area contributed by atoms with Crippen molar-refractivity contribution in [1.29, 1.82) is 0 Å². The van der Waals surface area contributed by atoms with Gasteiger partial charge >= 0.3 is 5.97 Å². The Morgan fingerprint density at radius 3 is 2.50 bits per heavy atom. The van der Waals surface area contributed by atoms with E-state index in [-0.39, 0.29) is 5.97 Å².